The van der Waals surface area contributed by atoms with Gasteiger partial charge in [-0.3, -0.25) is 4.57 Å². The Hall–Kier alpha value is -1.36. The van der Waals surface area contributed by atoms with Crippen LogP contribution in [0.2, 0.25) is 0 Å². The van der Waals surface area contributed by atoms with Crippen LogP contribution in [-0.2, 0) is 0 Å². The molecular formula is C10H16N4O. The molecule has 1 atom stereocenters. The zero-order valence-electron chi connectivity index (χ0n) is 9.13. The van der Waals surface area contributed by atoms with Crippen LogP contribution in [0.5, 0.6) is 0 Å². The Kier molecular flexibility index (Phi) is 2.73. The van der Waals surface area contributed by atoms with Gasteiger partial charge in [-0.15, -0.1) is 0 Å². The lowest BCUT2D eigenvalue weighted by atomic mass is 10.2. The monoisotopic (exact) mass is 208 g/mol. The van der Waals surface area contributed by atoms with E-state index in [9.17, 15) is 4.79 Å². The molecule has 5 nitrogen and oxygen atoms in total. The van der Waals surface area contributed by atoms with Crippen molar-refractivity contribution in [3.05, 3.63) is 18.7 Å². The molecule has 1 saturated heterocycles. The second kappa shape index (κ2) is 4.02. The van der Waals surface area contributed by atoms with E-state index in [1.165, 1.54) is 4.57 Å². The minimum Gasteiger partial charge on any atom is -0.321 e. The average Bonchev–Trinajstić information content (AvgIpc) is 2.74. The molecule has 0 aliphatic carbocycles. The van der Waals surface area contributed by atoms with Crippen molar-refractivity contribution in [2.45, 2.75) is 13.0 Å². The Morgan fingerprint density at radius 1 is 1.47 bits per heavy atom. The number of amides is 1. The summed E-state index contributed by atoms with van der Waals surface area (Å²) in [6.45, 7) is 4.64. The first-order valence-corrected chi connectivity index (χ1v) is 5.16. The van der Waals surface area contributed by atoms with E-state index in [-0.39, 0.29) is 6.03 Å². The van der Waals surface area contributed by atoms with Gasteiger partial charge in [0, 0.05) is 38.1 Å². The van der Waals surface area contributed by atoms with Crippen LogP contribution in [0.1, 0.15) is 6.92 Å². The van der Waals surface area contributed by atoms with E-state index in [1.807, 2.05) is 4.90 Å². The van der Waals surface area contributed by atoms with E-state index in [0.717, 1.165) is 19.6 Å². The van der Waals surface area contributed by atoms with Gasteiger partial charge in [0.25, 0.3) is 0 Å². The molecule has 0 radical (unpaired) electrons. The van der Waals surface area contributed by atoms with Gasteiger partial charge < -0.3 is 9.80 Å². The normalized spacial score (nSPS) is 23.1. The number of imidazole rings is 1. The summed E-state index contributed by atoms with van der Waals surface area (Å²) in [7, 11) is 2.09. The summed E-state index contributed by atoms with van der Waals surface area (Å²) in [4.78, 5) is 19.9. The molecule has 0 aromatic carbocycles. The molecule has 1 fully saturated rings. The summed E-state index contributed by atoms with van der Waals surface area (Å²) in [6.07, 6.45) is 4.86. The summed E-state index contributed by atoms with van der Waals surface area (Å²) >= 11 is 0. The molecule has 2 heterocycles. The predicted molar refractivity (Wildman–Crippen MR) is 56.7 cm³/mol. The van der Waals surface area contributed by atoms with Gasteiger partial charge in [-0.05, 0) is 14.0 Å². The van der Waals surface area contributed by atoms with Crippen molar-refractivity contribution in [2.75, 3.05) is 26.7 Å². The highest BCUT2D eigenvalue weighted by molar-refractivity contribution is 5.76. The molecule has 0 N–H and O–H groups in total. The number of nitrogens with zero attached hydrogens (tertiary/aromatic N) is 4. The molecule has 1 aromatic rings. The molecule has 1 aliphatic heterocycles. The topological polar surface area (TPSA) is 41.4 Å². The highest BCUT2D eigenvalue weighted by Crippen LogP contribution is 2.08. The molecule has 1 aliphatic rings. The zero-order valence-corrected chi connectivity index (χ0v) is 9.13. The van der Waals surface area contributed by atoms with E-state index in [4.69, 9.17) is 0 Å². The van der Waals surface area contributed by atoms with Crippen LogP contribution in [-0.4, -0.2) is 58.1 Å². The Balaban J connectivity index is 2.03. The Morgan fingerprint density at radius 3 is 2.87 bits per heavy atom. The quantitative estimate of drug-likeness (QED) is 0.623. The fourth-order valence-corrected chi connectivity index (χ4v) is 1.76. The zero-order chi connectivity index (χ0) is 10.8. The predicted octanol–water partition coefficient (Wildman–Crippen LogP) is 0.487. The highest BCUT2D eigenvalue weighted by atomic mass is 16.2. The van der Waals surface area contributed by atoms with Crippen LogP contribution >= 0.6 is 0 Å². The van der Waals surface area contributed by atoms with Crippen molar-refractivity contribution >= 4 is 6.03 Å². The minimum atomic E-state index is 0.0208. The lowest BCUT2D eigenvalue weighted by molar-refractivity contribution is 0.119. The molecular weight excluding hydrogens is 192 g/mol. The smallest absolute Gasteiger partial charge is 0.321 e. The maximum atomic E-state index is 11.9. The lowest BCUT2D eigenvalue weighted by Crippen LogP contribution is -2.52. The van der Waals surface area contributed by atoms with Crippen molar-refractivity contribution in [3.63, 3.8) is 0 Å². The van der Waals surface area contributed by atoms with Gasteiger partial charge in [-0.2, -0.15) is 0 Å². The van der Waals surface area contributed by atoms with E-state index < -0.39 is 0 Å². The van der Waals surface area contributed by atoms with Gasteiger partial charge >= 0.3 is 6.03 Å². The summed E-state index contributed by atoms with van der Waals surface area (Å²) in [5, 5.41) is 0. The highest BCUT2D eigenvalue weighted by Gasteiger charge is 2.24. The number of aromatic nitrogens is 2. The number of carbonyl (C=O) groups excluding carboxylic acids is 1. The number of carbonyl (C=O) groups is 1. The molecule has 0 spiro atoms. The molecule has 5 heteroatoms. The van der Waals surface area contributed by atoms with Crippen LogP contribution in [0.3, 0.4) is 0 Å². The van der Waals surface area contributed by atoms with Gasteiger partial charge in [0.1, 0.15) is 6.33 Å². The largest absolute Gasteiger partial charge is 0.329 e. The van der Waals surface area contributed by atoms with Crippen molar-refractivity contribution in [2.24, 2.45) is 0 Å². The summed E-state index contributed by atoms with van der Waals surface area (Å²) < 4.78 is 1.53. The average molecular weight is 208 g/mol. The fraction of sp³-hybridized carbons (Fsp3) is 0.600. The summed E-state index contributed by atoms with van der Waals surface area (Å²) in [5.41, 5.74) is 0. The fourth-order valence-electron chi connectivity index (χ4n) is 1.76. The molecule has 82 valence electrons. The first-order valence-electron chi connectivity index (χ1n) is 5.16. The Bertz CT molecular complexity index is 335. The number of likely N-dealkylation sites (N-methyl/N-ethyl adjacent to an activating group) is 1. The minimum absolute atomic E-state index is 0.0208. The molecule has 0 saturated carbocycles. The van der Waals surface area contributed by atoms with Crippen molar-refractivity contribution in [3.8, 4) is 0 Å². The van der Waals surface area contributed by atoms with E-state index in [1.54, 1.807) is 18.7 Å². The van der Waals surface area contributed by atoms with Crippen molar-refractivity contribution < 1.29 is 4.79 Å². The number of hydrogen-bond donors (Lipinski definition) is 0. The van der Waals surface area contributed by atoms with Crippen LogP contribution in [0.25, 0.3) is 0 Å². The molecule has 1 amide bonds. The van der Waals surface area contributed by atoms with Gasteiger partial charge in [0.05, 0.1) is 0 Å². The summed E-state index contributed by atoms with van der Waals surface area (Å²) in [5.74, 6) is 0. The maximum absolute atomic E-state index is 11.9. The van der Waals surface area contributed by atoms with Crippen molar-refractivity contribution in [1.82, 2.24) is 19.4 Å². The first kappa shape index (κ1) is 10.2. The molecule has 0 bridgehead atoms. The Morgan fingerprint density at radius 2 is 2.27 bits per heavy atom. The Labute approximate surface area is 89.3 Å². The van der Waals surface area contributed by atoms with E-state index in [0.29, 0.717) is 6.04 Å². The third-order valence-corrected chi connectivity index (χ3v) is 2.96. The van der Waals surface area contributed by atoms with Crippen LogP contribution in [0, 0.1) is 0 Å². The molecule has 1 unspecified atom stereocenters. The van der Waals surface area contributed by atoms with Gasteiger partial charge in [0.15, 0.2) is 0 Å². The molecule has 2 rings (SSSR count). The SMILES string of the molecule is CC1CN(C(=O)n2ccnc2)CCN1C. The second-order valence-corrected chi connectivity index (χ2v) is 4.03. The standard InChI is InChI=1S/C10H16N4O/c1-9-7-13(6-5-12(9)2)10(15)14-4-3-11-8-14/h3-4,8-9H,5-7H2,1-2H3. The summed E-state index contributed by atoms with van der Waals surface area (Å²) in [6, 6.07) is 0.443. The van der Waals surface area contributed by atoms with E-state index >= 15 is 0 Å². The van der Waals surface area contributed by atoms with Gasteiger partial charge in [-0.25, -0.2) is 9.78 Å². The third kappa shape index (κ3) is 2.02. The number of hydrogen-bond acceptors (Lipinski definition) is 3. The van der Waals surface area contributed by atoms with Gasteiger partial charge in [-0.1, -0.05) is 0 Å². The van der Waals surface area contributed by atoms with Crippen molar-refractivity contribution in [1.29, 1.82) is 0 Å². The van der Waals surface area contributed by atoms with Crippen LogP contribution in [0.15, 0.2) is 18.7 Å². The van der Waals surface area contributed by atoms with E-state index in [2.05, 4.69) is 23.9 Å². The van der Waals surface area contributed by atoms with Crippen LogP contribution in [0.4, 0.5) is 4.79 Å². The number of piperazine rings is 1. The molecule has 1 aromatic heterocycles. The maximum Gasteiger partial charge on any atom is 0.329 e. The third-order valence-electron chi connectivity index (χ3n) is 2.96. The first-order chi connectivity index (χ1) is 7.18. The van der Waals surface area contributed by atoms with Gasteiger partial charge in [0.2, 0.25) is 0 Å². The molecule has 15 heavy (non-hydrogen) atoms. The number of rotatable bonds is 0. The van der Waals surface area contributed by atoms with Crippen LogP contribution < -0.4 is 0 Å². The second-order valence-electron chi connectivity index (χ2n) is 4.03. The lowest BCUT2D eigenvalue weighted by Gasteiger charge is -2.37.